The van der Waals surface area contributed by atoms with Crippen molar-refractivity contribution in [2.75, 3.05) is 12.4 Å². The van der Waals surface area contributed by atoms with E-state index in [2.05, 4.69) is 15.3 Å². The van der Waals surface area contributed by atoms with Crippen LogP contribution in [0.5, 0.6) is 0 Å². The van der Waals surface area contributed by atoms with Crippen LogP contribution in [0.2, 0.25) is 0 Å². The Morgan fingerprint density at radius 1 is 1.33 bits per heavy atom. The second-order valence-electron chi connectivity index (χ2n) is 7.09. The SMILES string of the molecule is CN1C(=O)C(C)(C)C(c2cc(NC(=O)c3cn(C)cn3)ccc2F)N=C1N. The number of aliphatic imine (C=N–C) groups is 1. The Morgan fingerprint density at radius 2 is 2.04 bits per heavy atom. The van der Waals surface area contributed by atoms with Gasteiger partial charge in [-0.15, -0.1) is 0 Å². The summed E-state index contributed by atoms with van der Waals surface area (Å²) < 4.78 is 16.2. The molecule has 0 radical (unpaired) electrons. The number of benzene rings is 1. The summed E-state index contributed by atoms with van der Waals surface area (Å²) in [6.07, 6.45) is 3.08. The van der Waals surface area contributed by atoms with E-state index < -0.39 is 23.2 Å². The topological polar surface area (TPSA) is 106 Å². The number of aromatic nitrogens is 2. The molecule has 1 aliphatic heterocycles. The quantitative estimate of drug-likeness (QED) is 0.855. The number of carbonyl (C=O) groups is 2. The number of amides is 2. The van der Waals surface area contributed by atoms with Crippen molar-refractivity contribution in [2.24, 2.45) is 23.2 Å². The molecule has 1 atom stereocenters. The molecular formula is C18H21FN6O2. The van der Waals surface area contributed by atoms with E-state index in [1.807, 2.05) is 0 Å². The molecule has 0 spiro atoms. The highest BCUT2D eigenvalue weighted by Crippen LogP contribution is 2.42. The first-order chi connectivity index (χ1) is 12.6. The molecule has 9 heteroatoms. The highest BCUT2D eigenvalue weighted by atomic mass is 19.1. The summed E-state index contributed by atoms with van der Waals surface area (Å²) in [5.74, 6) is -1.19. The van der Waals surface area contributed by atoms with Crippen molar-refractivity contribution in [2.45, 2.75) is 19.9 Å². The summed E-state index contributed by atoms with van der Waals surface area (Å²) >= 11 is 0. The first kappa shape index (κ1) is 18.6. The third kappa shape index (κ3) is 3.27. The van der Waals surface area contributed by atoms with E-state index >= 15 is 0 Å². The van der Waals surface area contributed by atoms with Crippen molar-refractivity contribution in [3.63, 3.8) is 0 Å². The Hall–Kier alpha value is -3.23. The van der Waals surface area contributed by atoms with Gasteiger partial charge in [0.2, 0.25) is 5.91 Å². The van der Waals surface area contributed by atoms with Crippen molar-refractivity contribution in [1.82, 2.24) is 14.5 Å². The minimum atomic E-state index is -0.998. The van der Waals surface area contributed by atoms with E-state index in [0.717, 1.165) is 0 Å². The lowest BCUT2D eigenvalue weighted by molar-refractivity contribution is -0.137. The lowest BCUT2D eigenvalue weighted by atomic mass is 9.78. The predicted octanol–water partition coefficient (Wildman–Crippen LogP) is 1.67. The Bertz CT molecular complexity index is 949. The van der Waals surface area contributed by atoms with Gasteiger partial charge in [-0.1, -0.05) is 0 Å². The van der Waals surface area contributed by atoms with E-state index in [1.165, 1.54) is 36.5 Å². The van der Waals surface area contributed by atoms with Gasteiger partial charge in [0.1, 0.15) is 11.5 Å². The second-order valence-corrected chi connectivity index (χ2v) is 7.09. The summed E-state index contributed by atoms with van der Waals surface area (Å²) in [6, 6.07) is 3.33. The molecule has 1 unspecified atom stereocenters. The molecule has 2 amide bonds. The van der Waals surface area contributed by atoms with Gasteiger partial charge in [-0.05, 0) is 32.0 Å². The molecule has 1 aliphatic rings. The Morgan fingerprint density at radius 3 is 2.67 bits per heavy atom. The number of guanidine groups is 1. The van der Waals surface area contributed by atoms with Gasteiger partial charge in [0, 0.05) is 31.5 Å². The molecule has 3 rings (SSSR count). The predicted molar refractivity (Wildman–Crippen MR) is 98.5 cm³/mol. The number of carbonyl (C=O) groups excluding carboxylic acids is 2. The minimum Gasteiger partial charge on any atom is -0.369 e. The highest BCUT2D eigenvalue weighted by Gasteiger charge is 2.45. The number of rotatable bonds is 3. The van der Waals surface area contributed by atoms with Crippen LogP contribution in [0, 0.1) is 11.2 Å². The van der Waals surface area contributed by atoms with Crippen molar-refractivity contribution in [3.8, 4) is 0 Å². The van der Waals surface area contributed by atoms with Crippen LogP contribution in [-0.2, 0) is 11.8 Å². The van der Waals surface area contributed by atoms with Crippen LogP contribution in [0.3, 0.4) is 0 Å². The molecule has 0 bridgehead atoms. The van der Waals surface area contributed by atoms with Crippen molar-refractivity contribution >= 4 is 23.5 Å². The van der Waals surface area contributed by atoms with Crippen LogP contribution in [0.1, 0.15) is 35.9 Å². The van der Waals surface area contributed by atoms with Gasteiger partial charge in [-0.25, -0.2) is 14.4 Å². The number of aryl methyl sites for hydroxylation is 1. The van der Waals surface area contributed by atoms with Crippen LogP contribution in [0.25, 0.3) is 0 Å². The number of halogens is 1. The molecule has 0 saturated carbocycles. The molecule has 142 valence electrons. The van der Waals surface area contributed by atoms with Crippen molar-refractivity contribution in [1.29, 1.82) is 0 Å². The zero-order valence-electron chi connectivity index (χ0n) is 15.5. The number of nitrogens with two attached hydrogens (primary N) is 1. The molecule has 0 fully saturated rings. The van der Waals surface area contributed by atoms with Gasteiger partial charge in [0.25, 0.3) is 5.91 Å². The van der Waals surface area contributed by atoms with Gasteiger partial charge in [-0.2, -0.15) is 0 Å². The monoisotopic (exact) mass is 372 g/mol. The zero-order valence-corrected chi connectivity index (χ0v) is 15.5. The normalized spacial score (nSPS) is 19.0. The molecule has 0 saturated heterocycles. The summed E-state index contributed by atoms with van der Waals surface area (Å²) in [6.45, 7) is 3.37. The van der Waals surface area contributed by atoms with Gasteiger partial charge in [0.05, 0.1) is 17.8 Å². The summed E-state index contributed by atoms with van der Waals surface area (Å²) in [5.41, 5.74) is 5.61. The minimum absolute atomic E-state index is 0.0200. The molecule has 3 N–H and O–H groups in total. The Kier molecular flexibility index (Phi) is 4.46. The summed E-state index contributed by atoms with van der Waals surface area (Å²) in [4.78, 5) is 34.4. The van der Waals surface area contributed by atoms with E-state index in [0.29, 0.717) is 5.69 Å². The fourth-order valence-electron chi connectivity index (χ4n) is 3.05. The zero-order chi connectivity index (χ0) is 19.9. The summed E-state index contributed by atoms with van der Waals surface area (Å²) in [7, 11) is 3.28. The highest BCUT2D eigenvalue weighted by molar-refractivity contribution is 6.03. The first-order valence-electron chi connectivity index (χ1n) is 8.31. The van der Waals surface area contributed by atoms with Crippen LogP contribution in [0.4, 0.5) is 10.1 Å². The molecule has 2 heterocycles. The third-order valence-electron chi connectivity index (χ3n) is 4.63. The van der Waals surface area contributed by atoms with E-state index in [1.54, 1.807) is 31.7 Å². The van der Waals surface area contributed by atoms with Crippen molar-refractivity contribution < 1.29 is 14.0 Å². The molecular weight excluding hydrogens is 351 g/mol. The maximum Gasteiger partial charge on any atom is 0.275 e. The number of hydrogen-bond donors (Lipinski definition) is 2. The molecule has 2 aromatic rings. The third-order valence-corrected chi connectivity index (χ3v) is 4.63. The van der Waals surface area contributed by atoms with E-state index in [4.69, 9.17) is 5.73 Å². The number of hydrogen-bond acceptors (Lipinski definition) is 5. The average molecular weight is 372 g/mol. The van der Waals surface area contributed by atoms with E-state index in [9.17, 15) is 14.0 Å². The van der Waals surface area contributed by atoms with Crippen LogP contribution < -0.4 is 11.1 Å². The largest absolute Gasteiger partial charge is 0.369 e. The number of anilines is 1. The van der Waals surface area contributed by atoms with Crippen LogP contribution >= 0.6 is 0 Å². The number of imidazole rings is 1. The Balaban J connectivity index is 1.96. The molecule has 1 aromatic heterocycles. The number of nitrogens with zero attached hydrogens (tertiary/aromatic N) is 4. The molecule has 27 heavy (non-hydrogen) atoms. The Labute approximate surface area is 155 Å². The number of nitrogens with one attached hydrogen (secondary N) is 1. The maximum atomic E-state index is 14.5. The van der Waals surface area contributed by atoms with Gasteiger partial charge >= 0.3 is 0 Å². The smallest absolute Gasteiger partial charge is 0.275 e. The van der Waals surface area contributed by atoms with Crippen LogP contribution in [0.15, 0.2) is 35.7 Å². The van der Waals surface area contributed by atoms with E-state index in [-0.39, 0.29) is 23.1 Å². The van der Waals surface area contributed by atoms with Crippen molar-refractivity contribution in [3.05, 3.63) is 47.8 Å². The standard InChI is InChI=1S/C18H21FN6O2/c1-18(2)14(23-17(20)25(4)16(18)27)11-7-10(5-6-12(11)19)22-15(26)13-8-24(3)9-21-13/h5-9,14H,1-4H3,(H2,20,23)(H,22,26). The summed E-state index contributed by atoms with van der Waals surface area (Å²) in [5, 5.41) is 2.68. The first-order valence-corrected chi connectivity index (χ1v) is 8.31. The van der Waals surface area contributed by atoms with Gasteiger partial charge in [0.15, 0.2) is 5.96 Å². The lowest BCUT2D eigenvalue weighted by Gasteiger charge is -2.38. The molecule has 8 nitrogen and oxygen atoms in total. The second kappa shape index (κ2) is 6.49. The maximum absolute atomic E-state index is 14.5. The van der Waals surface area contributed by atoms with Gasteiger partial charge < -0.3 is 15.6 Å². The molecule has 1 aromatic carbocycles. The molecule has 0 aliphatic carbocycles. The van der Waals surface area contributed by atoms with Gasteiger partial charge in [-0.3, -0.25) is 14.5 Å². The average Bonchev–Trinajstić information content (AvgIpc) is 3.05. The van der Waals surface area contributed by atoms with Crippen LogP contribution in [-0.4, -0.2) is 39.3 Å². The lowest BCUT2D eigenvalue weighted by Crippen LogP contribution is -2.51. The fourth-order valence-corrected chi connectivity index (χ4v) is 3.05. The fraction of sp³-hybridized carbons (Fsp3) is 0.333.